The second-order valence-corrected chi connectivity index (χ2v) is 8.75. The monoisotopic (exact) mass is 503 g/mol. The molecule has 3 aromatic rings. The highest BCUT2D eigenvalue weighted by Crippen LogP contribution is 2.46. The zero-order valence-corrected chi connectivity index (χ0v) is 19.1. The van der Waals surface area contributed by atoms with E-state index in [0.717, 1.165) is 4.68 Å². The van der Waals surface area contributed by atoms with E-state index in [0.29, 0.717) is 35.5 Å². The van der Waals surface area contributed by atoms with Crippen LogP contribution in [0.5, 0.6) is 0 Å². The average molecular weight is 504 g/mol. The normalized spacial score (nSPS) is 14.1. The van der Waals surface area contributed by atoms with Crippen LogP contribution in [0.25, 0.3) is 0 Å². The lowest BCUT2D eigenvalue weighted by molar-refractivity contribution is -0.141. The minimum atomic E-state index is -4.71. The lowest BCUT2D eigenvalue weighted by Crippen LogP contribution is -2.22. The molecule has 0 aliphatic heterocycles. The predicted molar refractivity (Wildman–Crippen MR) is 115 cm³/mol. The second-order valence-electron chi connectivity index (χ2n) is 7.96. The summed E-state index contributed by atoms with van der Waals surface area (Å²) in [4.78, 5) is 12.7. The Bertz CT molecular complexity index is 1230. The SMILES string of the molecule is Cc1nn(Cc2ccc(F)cc2Cl)c(C)c1NC(=O)Cn1nc(C(F)(F)F)c(Cl)c1C1CC1. The number of carbonyl (C=O) groups is 1. The maximum Gasteiger partial charge on any atom is 0.436 e. The van der Waals surface area contributed by atoms with Crippen LogP contribution in [-0.2, 0) is 24.1 Å². The highest BCUT2D eigenvalue weighted by atomic mass is 35.5. The summed E-state index contributed by atoms with van der Waals surface area (Å²) >= 11 is 12.1. The van der Waals surface area contributed by atoms with Gasteiger partial charge in [-0.15, -0.1) is 0 Å². The molecule has 0 unspecified atom stereocenters. The van der Waals surface area contributed by atoms with Crippen LogP contribution < -0.4 is 5.32 Å². The summed E-state index contributed by atoms with van der Waals surface area (Å²) in [6.07, 6.45) is -3.32. The number of alkyl halides is 3. The third-order valence-electron chi connectivity index (χ3n) is 5.44. The van der Waals surface area contributed by atoms with Crippen molar-refractivity contribution in [1.29, 1.82) is 0 Å². The maximum absolute atomic E-state index is 13.3. The van der Waals surface area contributed by atoms with Crippen LogP contribution in [0.3, 0.4) is 0 Å². The van der Waals surface area contributed by atoms with Crippen LogP contribution in [0, 0.1) is 19.7 Å². The van der Waals surface area contributed by atoms with Gasteiger partial charge in [-0.05, 0) is 44.4 Å². The molecule has 12 heteroatoms. The molecular formula is C21H19Cl2F4N5O. The van der Waals surface area contributed by atoms with Crippen molar-refractivity contribution in [2.45, 2.75) is 51.9 Å². The Balaban J connectivity index is 1.54. The van der Waals surface area contributed by atoms with Crippen molar-refractivity contribution in [3.05, 3.63) is 62.4 Å². The van der Waals surface area contributed by atoms with Crippen molar-refractivity contribution >= 4 is 34.8 Å². The minimum Gasteiger partial charge on any atom is -0.321 e. The minimum absolute atomic E-state index is 0.138. The second kappa shape index (κ2) is 8.64. The molecule has 1 fully saturated rings. The number of anilines is 1. The first-order chi connectivity index (χ1) is 15.5. The van der Waals surface area contributed by atoms with Crippen molar-refractivity contribution < 1.29 is 22.4 Å². The number of benzene rings is 1. The molecule has 0 radical (unpaired) electrons. The number of nitrogens with zero attached hydrogens (tertiary/aromatic N) is 4. The molecule has 1 aromatic carbocycles. The van der Waals surface area contributed by atoms with Gasteiger partial charge < -0.3 is 5.32 Å². The molecule has 6 nitrogen and oxygen atoms in total. The number of rotatable bonds is 6. The third-order valence-corrected chi connectivity index (χ3v) is 6.16. The molecule has 4 rings (SSSR count). The molecule has 2 aromatic heterocycles. The quantitative estimate of drug-likeness (QED) is 0.437. The number of hydrogen-bond donors (Lipinski definition) is 1. The van der Waals surface area contributed by atoms with Gasteiger partial charge in [0.1, 0.15) is 12.4 Å². The van der Waals surface area contributed by atoms with Gasteiger partial charge in [-0.25, -0.2) is 4.39 Å². The Hall–Kier alpha value is -2.59. The number of aryl methyl sites for hydroxylation is 1. The highest BCUT2D eigenvalue weighted by molar-refractivity contribution is 6.32. The maximum atomic E-state index is 13.3. The molecule has 0 atom stereocenters. The molecule has 0 spiro atoms. The standard InChI is InChI=1S/C21H19Cl2F4N5O/c1-10-18(11(2)31(29-10)8-13-5-6-14(24)7-15(13)22)28-16(33)9-32-19(12-3-4-12)17(23)20(30-32)21(25,26)27/h5-7,12H,3-4,8-9H2,1-2H3,(H,28,33). The van der Waals surface area contributed by atoms with Gasteiger partial charge in [-0.1, -0.05) is 29.3 Å². The zero-order chi connectivity index (χ0) is 24.1. The van der Waals surface area contributed by atoms with Gasteiger partial charge in [-0.3, -0.25) is 14.2 Å². The number of halogens is 6. The summed E-state index contributed by atoms with van der Waals surface area (Å²) in [5.74, 6) is -1.15. The van der Waals surface area contributed by atoms with Crippen LogP contribution in [0.1, 0.15) is 47.1 Å². The Kier molecular flexibility index (Phi) is 6.17. The van der Waals surface area contributed by atoms with Gasteiger partial charge in [0.15, 0.2) is 5.69 Å². The van der Waals surface area contributed by atoms with Crippen LogP contribution >= 0.6 is 23.2 Å². The van der Waals surface area contributed by atoms with E-state index in [2.05, 4.69) is 15.5 Å². The van der Waals surface area contributed by atoms with Gasteiger partial charge in [0, 0.05) is 10.9 Å². The fourth-order valence-corrected chi connectivity index (χ4v) is 4.28. The number of aromatic nitrogens is 4. The number of hydrogen-bond acceptors (Lipinski definition) is 3. The molecule has 176 valence electrons. The fourth-order valence-electron chi connectivity index (χ4n) is 3.66. The van der Waals surface area contributed by atoms with E-state index in [1.807, 2.05) is 0 Å². The summed E-state index contributed by atoms with van der Waals surface area (Å²) in [6, 6.07) is 4.04. The smallest absolute Gasteiger partial charge is 0.321 e. The molecule has 33 heavy (non-hydrogen) atoms. The average Bonchev–Trinajstić information content (AvgIpc) is 3.44. The van der Waals surface area contributed by atoms with Crippen LogP contribution in [0.2, 0.25) is 10.0 Å². The number of nitrogens with one attached hydrogen (secondary N) is 1. The molecule has 1 amide bonds. The summed E-state index contributed by atoms with van der Waals surface area (Å²) in [5, 5.41) is 10.5. The Morgan fingerprint density at radius 1 is 1.18 bits per heavy atom. The molecule has 0 bridgehead atoms. The van der Waals surface area contributed by atoms with Gasteiger partial charge in [0.05, 0.1) is 34.3 Å². The largest absolute Gasteiger partial charge is 0.436 e. The van der Waals surface area contributed by atoms with E-state index in [1.54, 1.807) is 24.6 Å². The van der Waals surface area contributed by atoms with Crippen molar-refractivity contribution in [1.82, 2.24) is 19.6 Å². The summed E-state index contributed by atoms with van der Waals surface area (Å²) in [6.45, 7) is 3.25. The molecular weight excluding hydrogens is 485 g/mol. The molecule has 2 heterocycles. The topological polar surface area (TPSA) is 64.7 Å². The van der Waals surface area contributed by atoms with Crippen LogP contribution in [0.15, 0.2) is 18.2 Å². The first-order valence-electron chi connectivity index (χ1n) is 10.1. The molecule has 1 saturated carbocycles. The fraction of sp³-hybridized carbons (Fsp3) is 0.381. The first kappa shape index (κ1) is 23.6. The lowest BCUT2D eigenvalue weighted by Gasteiger charge is -2.10. The van der Waals surface area contributed by atoms with E-state index in [9.17, 15) is 22.4 Å². The lowest BCUT2D eigenvalue weighted by atomic mass is 10.2. The zero-order valence-electron chi connectivity index (χ0n) is 17.6. The van der Waals surface area contributed by atoms with Crippen molar-refractivity contribution in [2.75, 3.05) is 5.32 Å². The first-order valence-corrected chi connectivity index (χ1v) is 10.8. The van der Waals surface area contributed by atoms with Crippen molar-refractivity contribution in [3.8, 4) is 0 Å². The van der Waals surface area contributed by atoms with E-state index in [1.165, 1.54) is 12.1 Å². The Morgan fingerprint density at radius 2 is 1.88 bits per heavy atom. The molecule has 1 aliphatic rings. The van der Waals surface area contributed by atoms with Gasteiger partial charge in [-0.2, -0.15) is 23.4 Å². The highest BCUT2D eigenvalue weighted by Gasteiger charge is 2.42. The van der Waals surface area contributed by atoms with E-state index < -0.39 is 35.2 Å². The van der Waals surface area contributed by atoms with Gasteiger partial charge in [0.2, 0.25) is 5.91 Å². The Morgan fingerprint density at radius 3 is 2.48 bits per heavy atom. The van der Waals surface area contributed by atoms with Crippen LogP contribution in [0.4, 0.5) is 23.2 Å². The van der Waals surface area contributed by atoms with Crippen LogP contribution in [-0.4, -0.2) is 25.5 Å². The van der Waals surface area contributed by atoms with Crippen molar-refractivity contribution in [2.24, 2.45) is 0 Å². The Labute approximate surface area is 196 Å². The van der Waals surface area contributed by atoms with E-state index in [-0.39, 0.29) is 23.2 Å². The van der Waals surface area contributed by atoms with E-state index >= 15 is 0 Å². The summed E-state index contributed by atoms with van der Waals surface area (Å²) < 4.78 is 55.7. The molecule has 1 N–H and O–H groups in total. The van der Waals surface area contributed by atoms with Gasteiger partial charge in [0.25, 0.3) is 0 Å². The number of amides is 1. The van der Waals surface area contributed by atoms with Gasteiger partial charge >= 0.3 is 6.18 Å². The summed E-state index contributed by atoms with van der Waals surface area (Å²) in [5.41, 5.74) is 1.24. The molecule has 0 saturated heterocycles. The third kappa shape index (κ3) is 4.86. The van der Waals surface area contributed by atoms with E-state index in [4.69, 9.17) is 23.2 Å². The molecule has 1 aliphatic carbocycles. The predicted octanol–water partition coefficient (Wildman–Crippen LogP) is 5.73. The number of carbonyl (C=O) groups excluding carboxylic acids is 1. The van der Waals surface area contributed by atoms with Crippen molar-refractivity contribution in [3.63, 3.8) is 0 Å². The summed E-state index contributed by atoms with van der Waals surface area (Å²) in [7, 11) is 0.